The van der Waals surface area contributed by atoms with Crippen LogP contribution in [0.15, 0.2) is 48.5 Å². The average molecular weight is 446 g/mol. The Hall–Kier alpha value is -1.92. The maximum atomic E-state index is 6.34. The third-order valence-electron chi connectivity index (χ3n) is 5.15. The third kappa shape index (κ3) is 6.05. The first kappa shape index (κ1) is 22.8. The van der Waals surface area contributed by atoms with E-state index in [4.69, 9.17) is 33.4 Å². The van der Waals surface area contributed by atoms with Crippen molar-refractivity contribution in [2.75, 3.05) is 26.2 Å². The lowest BCUT2D eigenvalue weighted by molar-refractivity contribution is 0.298. The second kappa shape index (κ2) is 11.5. The molecule has 0 atom stereocenters. The van der Waals surface area contributed by atoms with Gasteiger partial charge in [0, 0.05) is 27.7 Å². The molecule has 0 amide bonds. The molecule has 3 aromatic rings. The van der Waals surface area contributed by atoms with Gasteiger partial charge in [-0.1, -0.05) is 73.4 Å². The van der Waals surface area contributed by atoms with Gasteiger partial charge < -0.3 is 10.2 Å². The molecule has 2 aromatic carbocycles. The summed E-state index contributed by atoms with van der Waals surface area (Å²) in [6, 6.07) is 15.7. The minimum absolute atomic E-state index is 0.431. The van der Waals surface area contributed by atoms with Crippen molar-refractivity contribution in [2.24, 2.45) is 0 Å². The number of halogens is 2. The summed E-state index contributed by atoms with van der Waals surface area (Å²) in [5, 5.41) is 14.3. The first-order valence-corrected chi connectivity index (χ1v) is 11.2. The molecule has 0 aliphatic heterocycles. The van der Waals surface area contributed by atoms with E-state index in [-0.39, 0.29) is 0 Å². The molecule has 0 saturated heterocycles. The quantitative estimate of drug-likeness (QED) is 0.415. The summed E-state index contributed by atoms with van der Waals surface area (Å²) in [7, 11) is 0. The first-order chi connectivity index (χ1) is 14.6. The summed E-state index contributed by atoms with van der Waals surface area (Å²) in [5.74, 6) is 0. The van der Waals surface area contributed by atoms with Crippen LogP contribution in [-0.4, -0.2) is 46.1 Å². The van der Waals surface area contributed by atoms with Gasteiger partial charge in [-0.05, 0) is 44.7 Å². The standard InChI is InChI=1S/C23H29Cl2N5/c1-3-29(4-2)15-9-14-26-16-22-23(18-10-6-5-7-11-18)28-30(27-22)17-19-20(24)12-8-13-21(19)25/h5-8,10-13,26H,3-4,9,14-17H2,1-2H3. The Labute approximate surface area is 189 Å². The Kier molecular flexibility index (Phi) is 8.70. The van der Waals surface area contributed by atoms with E-state index in [0.717, 1.165) is 55.1 Å². The lowest BCUT2D eigenvalue weighted by Gasteiger charge is -2.17. The van der Waals surface area contributed by atoms with E-state index in [9.17, 15) is 0 Å². The first-order valence-electron chi connectivity index (χ1n) is 10.5. The summed E-state index contributed by atoms with van der Waals surface area (Å²) >= 11 is 12.7. The molecule has 1 heterocycles. The van der Waals surface area contributed by atoms with Crippen LogP contribution in [0, 0.1) is 0 Å². The second-order valence-corrected chi connectivity index (χ2v) is 7.96. The van der Waals surface area contributed by atoms with Gasteiger partial charge in [-0.25, -0.2) is 0 Å². The Balaban J connectivity index is 1.73. The Morgan fingerprint density at radius 3 is 2.30 bits per heavy atom. The van der Waals surface area contributed by atoms with Gasteiger partial charge >= 0.3 is 0 Å². The number of aromatic nitrogens is 3. The molecule has 0 fully saturated rings. The van der Waals surface area contributed by atoms with Gasteiger partial charge in [0.1, 0.15) is 11.4 Å². The molecule has 0 bridgehead atoms. The summed E-state index contributed by atoms with van der Waals surface area (Å²) in [4.78, 5) is 4.11. The highest BCUT2D eigenvalue weighted by Crippen LogP contribution is 2.26. The predicted octanol–water partition coefficient (Wildman–Crippen LogP) is 5.12. The molecule has 3 rings (SSSR count). The van der Waals surface area contributed by atoms with Crippen molar-refractivity contribution in [1.29, 1.82) is 0 Å². The molecule has 0 radical (unpaired) electrons. The lowest BCUT2D eigenvalue weighted by Crippen LogP contribution is -2.27. The van der Waals surface area contributed by atoms with E-state index in [1.165, 1.54) is 0 Å². The van der Waals surface area contributed by atoms with Crippen LogP contribution in [0.1, 0.15) is 31.5 Å². The van der Waals surface area contributed by atoms with Gasteiger partial charge in [0.05, 0.1) is 6.54 Å². The van der Waals surface area contributed by atoms with Crippen molar-refractivity contribution in [3.8, 4) is 11.3 Å². The Bertz CT molecular complexity index is 902. The fourth-order valence-electron chi connectivity index (χ4n) is 3.39. The van der Waals surface area contributed by atoms with Crippen molar-refractivity contribution in [3.05, 3.63) is 69.8 Å². The molecule has 30 heavy (non-hydrogen) atoms. The molecular formula is C23H29Cl2N5. The highest BCUT2D eigenvalue weighted by atomic mass is 35.5. The highest BCUT2D eigenvalue weighted by Gasteiger charge is 2.15. The number of benzene rings is 2. The number of hydrogen-bond acceptors (Lipinski definition) is 4. The zero-order valence-electron chi connectivity index (χ0n) is 17.6. The molecule has 160 valence electrons. The third-order valence-corrected chi connectivity index (χ3v) is 5.86. The predicted molar refractivity (Wildman–Crippen MR) is 125 cm³/mol. The van der Waals surface area contributed by atoms with Crippen molar-refractivity contribution in [1.82, 2.24) is 25.2 Å². The van der Waals surface area contributed by atoms with Crippen LogP contribution < -0.4 is 5.32 Å². The largest absolute Gasteiger partial charge is 0.311 e. The molecule has 0 spiro atoms. The lowest BCUT2D eigenvalue weighted by atomic mass is 10.1. The topological polar surface area (TPSA) is 46.0 Å². The molecule has 5 nitrogen and oxygen atoms in total. The van der Waals surface area contributed by atoms with Crippen LogP contribution >= 0.6 is 23.2 Å². The maximum absolute atomic E-state index is 6.34. The molecule has 0 aliphatic rings. The van der Waals surface area contributed by atoms with E-state index >= 15 is 0 Å². The second-order valence-electron chi connectivity index (χ2n) is 7.15. The molecule has 1 N–H and O–H groups in total. The minimum atomic E-state index is 0.431. The summed E-state index contributed by atoms with van der Waals surface area (Å²) in [6.07, 6.45) is 1.10. The summed E-state index contributed by atoms with van der Waals surface area (Å²) in [6.45, 7) is 9.72. The van der Waals surface area contributed by atoms with E-state index in [1.54, 1.807) is 4.80 Å². The van der Waals surface area contributed by atoms with Crippen LogP contribution in [0.4, 0.5) is 0 Å². The Morgan fingerprint density at radius 2 is 1.63 bits per heavy atom. The zero-order valence-corrected chi connectivity index (χ0v) is 19.1. The number of rotatable bonds is 11. The van der Waals surface area contributed by atoms with Crippen molar-refractivity contribution in [2.45, 2.75) is 33.4 Å². The Morgan fingerprint density at radius 1 is 0.933 bits per heavy atom. The molecule has 1 aromatic heterocycles. The van der Waals surface area contributed by atoms with Crippen LogP contribution in [0.3, 0.4) is 0 Å². The monoisotopic (exact) mass is 445 g/mol. The van der Waals surface area contributed by atoms with Crippen LogP contribution in [-0.2, 0) is 13.1 Å². The maximum Gasteiger partial charge on any atom is 0.117 e. The van der Waals surface area contributed by atoms with Crippen molar-refractivity contribution in [3.63, 3.8) is 0 Å². The van der Waals surface area contributed by atoms with Gasteiger partial charge in [-0.15, -0.1) is 0 Å². The van der Waals surface area contributed by atoms with Gasteiger partial charge in [0.15, 0.2) is 0 Å². The summed E-state index contributed by atoms with van der Waals surface area (Å²) < 4.78 is 0. The highest BCUT2D eigenvalue weighted by molar-refractivity contribution is 6.35. The van der Waals surface area contributed by atoms with E-state index < -0.39 is 0 Å². The fourth-order valence-corrected chi connectivity index (χ4v) is 3.91. The summed E-state index contributed by atoms with van der Waals surface area (Å²) in [5.41, 5.74) is 3.69. The van der Waals surface area contributed by atoms with E-state index in [2.05, 4.69) is 36.2 Å². The van der Waals surface area contributed by atoms with Crippen LogP contribution in [0.5, 0.6) is 0 Å². The van der Waals surface area contributed by atoms with Gasteiger partial charge in [-0.2, -0.15) is 15.0 Å². The normalized spacial score (nSPS) is 11.4. The molecular weight excluding hydrogens is 417 g/mol. The minimum Gasteiger partial charge on any atom is -0.311 e. The van der Waals surface area contributed by atoms with Crippen molar-refractivity contribution < 1.29 is 0 Å². The average Bonchev–Trinajstić information content (AvgIpc) is 3.17. The van der Waals surface area contributed by atoms with Gasteiger partial charge in [0.2, 0.25) is 0 Å². The van der Waals surface area contributed by atoms with Crippen LogP contribution in [0.2, 0.25) is 10.0 Å². The van der Waals surface area contributed by atoms with Gasteiger partial charge in [0.25, 0.3) is 0 Å². The fraction of sp³-hybridized carbons (Fsp3) is 0.391. The van der Waals surface area contributed by atoms with E-state index in [0.29, 0.717) is 23.1 Å². The SMILES string of the molecule is CCN(CC)CCCNCc1nn(Cc2c(Cl)cccc2Cl)nc1-c1ccccc1. The zero-order chi connectivity index (χ0) is 21.3. The van der Waals surface area contributed by atoms with Crippen molar-refractivity contribution >= 4 is 23.2 Å². The van der Waals surface area contributed by atoms with Gasteiger partial charge in [-0.3, -0.25) is 0 Å². The molecule has 0 unspecified atom stereocenters. The smallest absolute Gasteiger partial charge is 0.117 e. The molecule has 7 heteroatoms. The van der Waals surface area contributed by atoms with E-state index in [1.807, 2.05) is 36.4 Å². The molecule has 0 saturated carbocycles. The number of hydrogen-bond donors (Lipinski definition) is 1. The van der Waals surface area contributed by atoms with Crippen LogP contribution in [0.25, 0.3) is 11.3 Å². The number of nitrogens with zero attached hydrogens (tertiary/aromatic N) is 4. The number of nitrogens with one attached hydrogen (secondary N) is 1. The molecule has 0 aliphatic carbocycles.